The molecule has 0 spiro atoms. The number of hydrogen-bond acceptors (Lipinski definition) is 4. The van der Waals surface area contributed by atoms with E-state index in [1.165, 1.54) is 6.20 Å². The lowest BCUT2D eigenvalue weighted by Gasteiger charge is -2.08. The third-order valence-corrected chi connectivity index (χ3v) is 4.03. The number of aryl methyl sites for hydroxylation is 2. The van der Waals surface area contributed by atoms with E-state index in [9.17, 15) is 8.42 Å². The van der Waals surface area contributed by atoms with Gasteiger partial charge in [-0.25, -0.2) is 9.97 Å². The Balaban J connectivity index is 2.33. The van der Waals surface area contributed by atoms with Crippen LogP contribution in [0.25, 0.3) is 0 Å². The van der Waals surface area contributed by atoms with Gasteiger partial charge in [0, 0.05) is 12.6 Å². The van der Waals surface area contributed by atoms with Gasteiger partial charge in [-0.3, -0.25) is 4.72 Å². The summed E-state index contributed by atoms with van der Waals surface area (Å²) in [6.07, 6.45) is 3.46. The molecule has 8 heteroatoms. The first-order valence-corrected chi connectivity index (χ1v) is 7.47. The zero-order valence-corrected chi connectivity index (χ0v) is 12.0. The average Bonchev–Trinajstić information content (AvgIpc) is 2.83. The van der Waals surface area contributed by atoms with E-state index in [2.05, 4.69) is 19.7 Å². The number of aromatic nitrogens is 3. The van der Waals surface area contributed by atoms with Gasteiger partial charge in [0.1, 0.15) is 5.82 Å². The topological polar surface area (TPSA) is 87.7 Å². The average molecular weight is 301 g/mol. The van der Waals surface area contributed by atoms with Crippen molar-refractivity contribution in [3.8, 4) is 0 Å². The van der Waals surface area contributed by atoms with Crippen LogP contribution in [0.3, 0.4) is 0 Å². The number of rotatable bonds is 4. The summed E-state index contributed by atoms with van der Waals surface area (Å²) in [7, 11) is -3.73. The monoisotopic (exact) mass is 300 g/mol. The molecular weight excluding hydrogens is 288 g/mol. The Morgan fingerprint density at radius 3 is 2.74 bits per heavy atom. The summed E-state index contributed by atoms with van der Waals surface area (Å²) >= 11 is 5.86. The van der Waals surface area contributed by atoms with Crippen LogP contribution in [0.4, 0.5) is 5.69 Å². The summed E-state index contributed by atoms with van der Waals surface area (Å²) < 4.78 is 26.6. The number of imidazole rings is 1. The molecule has 2 heterocycles. The lowest BCUT2D eigenvalue weighted by Crippen LogP contribution is -2.14. The number of pyridine rings is 1. The molecule has 102 valence electrons. The van der Waals surface area contributed by atoms with E-state index in [1.807, 2.05) is 6.92 Å². The van der Waals surface area contributed by atoms with Crippen molar-refractivity contribution in [2.75, 3.05) is 4.72 Å². The minimum atomic E-state index is -3.73. The van der Waals surface area contributed by atoms with Crippen molar-refractivity contribution in [1.82, 2.24) is 15.0 Å². The van der Waals surface area contributed by atoms with Crippen molar-refractivity contribution >= 4 is 27.3 Å². The Labute approximate surface area is 116 Å². The fourth-order valence-corrected chi connectivity index (χ4v) is 2.69. The highest BCUT2D eigenvalue weighted by atomic mass is 35.5. The molecule has 0 saturated heterocycles. The second kappa shape index (κ2) is 5.18. The summed E-state index contributed by atoms with van der Waals surface area (Å²) in [5, 5.41) is 0.103. The fourth-order valence-electron chi connectivity index (χ4n) is 1.48. The predicted molar refractivity (Wildman–Crippen MR) is 72.8 cm³/mol. The molecule has 0 atom stereocenters. The van der Waals surface area contributed by atoms with Crippen LogP contribution in [0.2, 0.25) is 5.15 Å². The van der Waals surface area contributed by atoms with Crippen LogP contribution in [0.15, 0.2) is 23.5 Å². The molecule has 0 aromatic carbocycles. The van der Waals surface area contributed by atoms with E-state index in [1.54, 1.807) is 19.2 Å². The van der Waals surface area contributed by atoms with Gasteiger partial charge in [0.05, 0.1) is 11.9 Å². The quantitative estimate of drug-likeness (QED) is 0.847. The Hall–Kier alpha value is -1.60. The number of sulfonamides is 1. The van der Waals surface area contributed by atoms with Gasteiger partial charge in [0.25, 0.3) is 10.0 Å². The molecular formula is C11H13ClN4O2S. The molecule has 2 aromatic heterocycles. The highest BCUT2D eigenvalue weighted by molar-refractivity contribution is 7.92. The smallest absolute Gasteiger partial charge is 0.279 e. The Bertz CT molecular complexity index is 696. The van der Waals surface area contributed by atoms with Crippen molar-refractivity contribution in [3.63, 3.8) is 0 Å². The number of aromatic amines is 1. The molecule has 2 N–H and O–H groups in total. The lowest BCUT2D eigenvalue weighted by atomic mass is 10.3. The predicted octanol–water partition coefficient (Wildman–Crippen LogP) is 2.13. The van der Waals surface area contributed by atoms with Crippen LogP contribution in [-0.4, -0.2) is 23.4 Å². The molecule has 0 saturated carbocycles. The second-order valence-corrected chi connectivity index (χ2v) is 6.01. The van der Waals surface area contributed by atoms with Gasteiger partial charge in [0.15, 0.2) is 10.2 Å². The van der Waals surface area contributed by atoms with Crippen LogP contribution in [-0.2, 0) is 16.4 Å². The van der Waals surface area contributed by atoms with Crippen molar-refractivity contribution in [3.05, 3.63) is 35.0 Å². The third kappa shape index (κ3) is 3.05. The number of nitrogens with one attached hydrogen (secondary N) is 2. The van der Waals surface area contributed by atoms with Gasteiger partial charge < -0.3 is 4.98 Å². The number of hydrogen-bond donors (Lipinski definition) is 2. The molecule has 2 rings (SSSR count). The first-order valence-electron chi connectivity index (χ1n) is 5.61. The molecule has 0 aliphatic carbocycles. The highest BCUT2D eigenvalue weighted by Gasteiger charge is 2.18. The number of halogens is 1. The molecule has 6 nitrogen and oxygen atoms in total. The number of anilines is 1. The van der Waals surface area contributed by atoms with Crippen LogP contribution < -0.4 is 4.72 Å². The van der Waals surface area contributed by atoms with Gasteiger partial charge in [-0.1, -0.05) is 18.5 Å². The number of nitrogens with zero attached hydrogens (tertiary/aromatic N) is 2. The fraction of sp³-hybridized carbons (Fsp3) is 0.273. The Morgan fingerprint density at radius 2 is 2.11 bits per heavy atom. The van der Waals surface area contributed by atoms with E-state index < -0.39 is 10.0 Å². The second-order valence-electron chi connectivity index (χ2n) is 4.00. The van der Waals surface area contributed by atoms with Crippen molar-refractivity contribution in [1.29, 1.82) is 0 Å². The van der Waals surface area contributed by atoms with E-state index in [0.717, 1.165) is 5.56 Å². The molecule has 0 unspecified atom stereocenters. The van der Waals surface area contributed by atoms with Crippen LogP contribution in [0.5, 0.6) is 0 Å². The Kier molecular flexibility index (Phi) is 3.77. The molecule has 0 fully saturated rings. The molecule has 2 aromatic rings. The summed E-state index contributed by atoms with van der Waals surface area (Å²) in [6.45, 7) is 3.68. The Morgan fingerprint density at radius 1 is 1.37 bits per heavy atom. The molecule has 19 heavy (non-hydrogen) atoms. The van der Waals surface area contributed by atoms with Gasteiger partial charge in [-0.05, 0) is 18.6 Å². The van der Waals surface area contributed by atoms with Gasteiger partial charge in [-0.15, -0.1) is 0 Å². The lowest BCUT2D eigenvalue weighted by molar-refractivity contribution is 0.598. The van der Waals surface area contributed by atoms with E-state index in [-0.39, 0.29) is 15.9 Å². The van der Waals surface area contributed by atoms with Gasteiger partial charge in [0.2, 0.25) is 0 Å². The summed E-state index contributed by atoms with van der Waals surface area (Å²) in [6, 6.07) is 1.62. The molecule has 0 aliphatic rings. The highest BCUT2D eigenvalue weighted by Crippen LogP contribution is 2.22. The van der Waals surface area contributed by atoms with E-state index >= 15 is 0 Å². The normalized spacial score (nSPS) is 11.5. The van der Waals surface area contributed by atoms with Gasteiger partial charge >= 0.3 is 0 Å². The minimum Gasteiger partial charge on any atom is -0.332 e. The molecule has 0 radical (unpaired) electrons. The molecule has 0 bridgehead atoms. The zero-order chi connectivity index (χ0) is 14.0. The van der Waals surface area contributed by atoms with Crippen LogP contribution >= 0.6 is 11.6 Å². The summed E-state index contributed by atoms with van der Waals surface area (Å²) in [5.41, 5.74) is 1.05. The number of H-pyrrole nitrogens is 1. The first kappa shape index (κ1) is 13.8. The van der Waals surface area contributed by atoms with Gasteiger partial charge in [-0.2, -0.15) is 8.42 Å². The zero-order valence-electron chi connectivity index (χ0n) is 10.4. The largest absolute Gasteiger partial charge is 0.332 e. The van der Waals surface area contributed by atoms with E-state index in [4.69, 9.17) is 11.6 Å². The third-order valence-electron chi connectivity index (χ3n) is 2.45. The first-order chi connectivity index (χ1) is 8.92. The molecule has 0 amide bonds. The minimum absolute atomic E-state index is 0.00178. The standard InChI is InChI=1S/C11H13ClN4O2S/c1-3-9-13-6-10(15-9)19(17,18)16-8-4-7(2)5-14-11(8)12/h4-6,16H,3H2,1-2H3,(H,13,15). The van der Waals surface area contributed by atoms with Crippen molar-refractivity contribution in [2.24, 2.45) is 0 Å². The van der Waals surface area contributed by atoms with Crippen molar-refractivity contribution in [2.45, 2.75) is 25.3 Å². The maximum absolute atomic E-state index is 12.1. The van der Waals surface area contributed by atoms with Crippen LogP contribution in [0, 0.1) is 6.92 Å². The summed E-state index contributed by atoms with van der Waals surface area (Å²) in [4.78, 5) is 10.6. The van der Waals surface area contributed by atoms with Crippen LogP contribution in [0.1, 0.15) is 18.3 Å². The van der Waals surface area contributed by atoms with E-state index in [0.29, 0.717) is 12.2 Å². The maximum Gasteiger partial charge on any atom is 0.279 e. The summed E-state index contributed by atoms with van der Waals surface area (Å²) in [5.74, 6) is 0.605. The van der Waals surface area contributed by atoms with Crippen molar-refractivity contribution < 1.29 is 8.42 Å². The maximum atomic E-state index is 12.1. The SMILES string of the molecule is CCc1ncc(S(=O)(=O)Nc2cc(C)cnc2Cl)[nH]1. The molecule has 0 aliphatic heterocycles.